The van der Waals surface area contributed by atoms with Gasteiger partial charge in [-0.3, -0.25) is 24.5 Å². The monoisotopic (exact) mass is 594 g/mol. The zero-order chi connectivity index (χ0) is 29.4. The van der Waals surface area contributed by atoms with Gasteiger partial charge in [-0.15, -0.1) is 10.2 Å². The van der Waals surface area contributed by atoms with E-state index in [0.29, 0.717) is 22.9 Å². The third-order valence-electron chi connectivity index (χ3n) is 7.77. The van der Waals surface area contributed by atoms with Gasteiger partial charge in [0.15, 0.2) is 0 Å². The molecular weight excluding hydrogens is 566 g/mol. The summed E-state index contributed by atoms with van der Waals surface area (Å²) in [7, 11) is 1.38. The van der Waals surface area contributed by atoms with Crippen LogP contribution in [-0.2, 0) is 4.74 Å². The van der Waals surface area contributed by atoms with Gasteiger partial charge in [-0.1, -0.05) is 11.3 Å². The van der Waals surface area contributed by atoms with E-state index in [0.717, 1.165) is 43.0 Å². The molecule has 2 atom stereocenters. The second kappa shape index (κ2) is 11.6. The maximum Gasteiger partial charge on any atom is 0.280 e. The minimum Gasteiger partial charge on any atom is -0.494 e. The van der Waals surface area contributed by atoms with Gasteiger partial charge in [0.25, 0.3) is 17.9 Å². The number of amides is 1. The van der Waals surface area contributed by atoms with Gasteiger partial charge < -0.3 is 9.47 Å². The number of anilines is 1. The molecule has 42 heavy (non-hydrogen) atoms. The number of carbonyl (C=O) groups is 1. The summed E-state index contributed by atoms with van der Waals surface area (Å²) in [5.74, 6) is 1.32. The molecule has 1 N–H and O–H groups in total. The largest absolute Gasteiger partial charge is 0.494 e. The molecular formula is C29H28F2N6O4S. The highest BCUT2D eigenvalue weighted by Crippen LogP contribution is 2.55. The average molecular weight is 595 g/mol. The first-order valence-corrected chi connectivity index (χ1v) is 14.4. The Morgan fingerprint density at radius 3 is 2.69 bits per heavy atom. The van der Waals surface area contributed by atoms with E-state index < -0.39 is 18.0 Å². The lowest BCUT2D eigenvalue weighted by atomic mass is 9.94. The SMILES string of the molecule is COc1cnc(C(F)F)cc1-c1cc(-n2ccc(C)cc2=O)ncc1C(=O)Nc1nnc(C2C[C@@H]2C2CCOCC2)s1. The molecule has 1 saturated carbocycles. The van der Waals surface area contributed by atoms with Crippen LogP contribution in [0.4, 0.5) is 13.9 Å². The van der Waals surface area contributed by atoms with E-state index in [1.54, 1.807) is 19.2 Å². The van der Waals surface area contributed by atoms with E-state index in [9.17, 15) is 18.4 Å². The minimum absolute atomic E-state index is 0.0758. The van der Waals surface area contributed by atoms with Gasteiger partial charge in [0.1, 0.15) is 22.3 Å². The standard InChI is InChI=1S/C29H28F2N6O4S/c1-15-3-6-37(25(38)9-15)24-12-18(19-11-22(26(30)31)32-14-23(19)40-2)21(13-33-24)27(39)34-29-36-35-28(42-29)20-10-17(20)16-4-7-41-8-5-16/h3,6,9,11-14,16-17,20,26H,4-5,7-8,10H2,1-2H3,(H,34,36,39)/t17-,20?/m1/s1. The van der Waals surface area contributed by atoms with Crippen LogP contribution in [0.5, 0.6) is 5.75 Å². The summed E-state index contributed by atoms with van der Waals surface area (Å²) < 4.78 is 39.5. The Morgan fingerprint density at radius 2 is 1.95 bits per heavy atom. The highest BCUT2D eigenvalue weighted by Gasteiger charge is 2.46. The summed E-state index contributed by atoms with van der Waals surface area (Å²) in [6.07, 6.45) is 4.35. The minimum atomic E-state index is -2.85. The predicted molar refractivity (Wildman–Crippen MR) is 152 cm³/mol. The number of nitrogens with zero attached hydrogens (tertiary/aromatic N) is 5. The second-order valence-corrected chi connectivity index (χ2v) is 11.5. The first-order valence-electron chi connectivity index (χ1n) is 13.6. The van der Waals surface area contributed by atoms with Crippen molar-refractivity contribution < 1.29 is 23.0 Å². The lowest BCUT2D eigenvalue weighted by Crippen LogP contribution is -2.19. The normalized spacial score (nSPS) is 18.7. The molecule has 2 aliphatic rings. The first-order chi connectivity index (χ1) is 20.3. The van der Waals surface area contributed by atoms with Crippen LogP contribution in [0.2, 0.25) is 0 Å². The van der Waals surface area contributed by atoms with Gasteiger partial charge in [-0.2, -0.15) is 0 Å². The lowest BCUT2D eigenvalue weighted by molar-refractivity contribution is 0.0592. The molecule has 0 spiro atoms. The number of alkyl halides is 2. The molecule has 4 aromatic heterocycles. The van der Waals surface area contributed by atoms with Crippen molar-refractivity contribution in [3.8, 4) is 22.7 Å². The van der Waals surface area contributed by atoms with Crippen LogP contribution in [0.1, 0.15) is 58.2 Å². The van der Waals surface area contributed by atoms with Crippen LogP contribution >= 0.6 is 11.3 Å². The summed E-state index contributed by atoms with van der Waals surface area (Å²) in [5.41, 5.74) is 0.463. The zero-order valence-electron chi connectivity index (χ0n) is 22.9. The average Bonchev–Trinajstić information content (AvgIpc) is 3.67. The number of halogens is 2. The Morgan fingerprint density at radius 1 is 1.14 bits per heavy atom. The highest BCUT2D eigenvalue weighted by atomic mass is 32.1. The number of nitrogens with one attached hydrogen (secondary N) is 1. The third-order valence-corrected chi connectivity index (χ3v) is 8.74. The van der Waals surface area contributed by atoms with Crippen molar-refractivity contribution in [1.82, 2.24) is 24.7 Å². The number of carbonyl (C=O) groups excluding carboxylic acids is 1. The lowest BCUT2D eigenvalue weighted by Gasteiger charge is -2.21. The van der Waals surface area contributed by atoms with Crippen LogP contribution in [0.15, 0.2) is 47.7 Å². The Labute approximate surface area is 243 Å². The van der Waals surface area contributed by atoms with Crippen LogP contribution in [-0.4, -0.2) is 51.0 Å². The van der Waals surface area contributed by atoms with Gasteiger partial charge in [0, 0.05) is 48.7 Å². The molecule has 218 valence electrons. The van der Waals surface area contributed by atoms with E-state index in [1.807, 2.05) is 0 Å². The molecule has 13 heteroatoms. The summed E-state index contributed by atoms with van der Waals surface area (Å²) >= 11 is 1.33. The molecule has 1 unspecified atom stereocenters. The van der Waals surface area contributed by atoms with E-state index in [1.165, 1.54) is 53.6 Å². The first kappa shape index (κ1) is 28.0. The van der Waals surface area contributed by atoms with Crippen LogP contribution in [0.25, 0.3) is 16.9 Å². The van der Waals surface area contributed by atoms with Crippen molar-refractivity contribution in [2.24, 2.45) is 11.8 Å². The molecule has 10 nitrogen and oxygen atoms in total. The molecule has 4 aromatic rings. The number of pyridine rings is 3. The van der Waals surface area contributed by atoms with E-state index >= 15 is 0 Å². The van der Waals surface area contributed by atoms with Crippen molar-refractivity contribution in [3.63, 3.8) is 0 Å². The van der Waals surface area contributed by atoms with E-state index in [-0.39, 0.29) is 33.8 Å². The maximum absolute atomic E-state index is 13.6. The van der Waals surface area contributed by atoms with Crippen molar-refractivity contribution >= 4 is 22.4 Å². The van der Waals surface area contributed by atoms with Crippen LogP contribution in [0.3, 0.4) is 0 Å². The van der Waals surface area contributed by atoms with Crippen molar-refractivity contribution in [1.29, 1.82) is 0 Å². The molecule has 1 amide bonds. The van der Waals surface area contributed by atoms with Crippen molar-refractivity contribution in [2.45, 2.75) is 38.5 Å². The van der Waals surface area contributed by atoms with Crippen LogP contribution < -0.4 is 15.6 Å². The van der Waals surface area contributed by atoms with E-state index in [2.05, 4.69) is 25.5 Å². The van der Waals surface area contributed by atoms with Gasteiger partial charge in [-0.25, -0.2) is 13.8 Å². The molecule has 0 bridgehead atoms. The van der Waals surface area contributed by atoms with Gasteiger partial charge >= 0.3 is 0 Å². The fourth-order valence-corrected chi connectivity index (χ4v) is 6.39. The van der Waals surface area contributed by atoms with Gasteiger partial charge in [0.2, 0.25) is 5.13 Å². The maximum atomic E-state index is 13.6. The number of hydrogen-bond donors (Lipinski definition) is 1. The fraction of sp³-hybridized carbons (Fsp3) is 0.379. The van der Waals surface area contributed by atoms with Crippen LogP contribution in [0, 0.1) is 18.8 Å². The number of aryl methyl sites for hydroxylation is 1. The Balaban J connectivity index is 1.33. The summed E-state index contributed by atoms with van der Waals surface area (Å²) in [6.45, 7) is 3.37. The molecule has 1 aliphatic heterocycles. The molecule has 1 saturated heterocycles. The molecule has 0 radical (unpaired) electrons. The summed E-state index contributed by atoms with van der Waals surface area (Å²) in [4.78, 5) is 34.4. The summed E-state index contributed by atoms with van der Waals surface area (Å²) in [5, 5.41) is 12.5. The van der Waals surface area contributed by atoms with Crippen molar-refractivity contribution in [2.75, 3.05) is 25.6 Å². The smallest absolute Gasteiger partial charge is 0.280 e. The topological polar surface area (TPSA) is 121 Å². The van der Waals surface area contributed by atoms with Gasteiger partial charge in [0.05, 0.1) is 18.9 Å². The molecule has 0 aromatic carbocycles. The molecule has 1 aliphatic carbocycles. The Hall–Kier alpha value is -4.10. The second-order valence-electron chi connectivity index (χ2n) is 10.5. The van der Waals surface area contributed by atoms with Crippen molar-refractivity contribution in [3.05, 3.63) is 75.0 Å². The van der Waals surface area contributed by atoms with E-state index in [4.69, 9.17) is 9.47 Å². The number of rotatable bonds is 8. The number of methoxy groups -OCH3 is 1. The number of ether oxygens (including phenoxy) is 2. The third kappa shape index (κ3) is 5.66. The molecule has 5 heterocycles. The fourth-order valence-electron chi connectivity index (χ4n) is 5.46. The quantitative estimate of drug-likeness (QED) is 0.296. The molecule has 2 fully saturated rings. The zero-order valence-corrected chi connectivity index (χ0v) is 23.7. The highest BCUT2D eigenvalue weighted by molar-refractivity contribution is 7.15. The molecule has 6 rings (SSSR count). The predicted octanol–water partition coefficient (Wildman–Crippen LogP) is 5.18. The number of hydrogen-bond acceptors (Lipinski definition) is 9. The number of aromatic nitrogens is 5. The Bertz CT molecular complexity index is 1690. The van der Waals surface area contributed by atoms with Gasteiger partial charge in [-0.05, 0) is 61.8 Å². The summed E-state index contributed by atoms with van der Waals surface area (Å²) in [6, 6.07) is 5.85. The Kier molecular flexibility index (Phi) is 7.78.